The van der Waals surface area contributed by atoms with E-state index in [0.29, 0.717) is 19.3 Å². The van der Waals surface area contributed by atoms with Gasteiger partial charge in [0.2, 0.25) is 5.91 Å². The van der Waals surface area contributed by atoms with Crippen LogP contribution in [0.4, 0.5) is 0 Å². The Morgan fingerprint density at radius 1 is 0.420 bits per heavy atom. The van der Waals surface area contributed by atoms with Crippen LogP contribution >= 0.6 is 0 Å². The third-order valence-corrected chi connectivity index (χ3v) is 17.1. The summed E-state index contributed by atoms with van der Waals surface area (Å²) in [4.78, 5) is 13.4. The standard InChI is InChI=1S/C74H131NO13/c1-3-5-7-9-11-13-15-17-19-21-23-25-27-28-29-30-31-32-33-34-36-38-40-42-44-46-48-50-52-54-56-58-66(79)75-62(61-85-73-71(84)69(82)72(65(60-77)87-73)88-74-70(83)68(81)67(80)64(59-76)86-74)63(78)57-55-53-51-49-47-45-43-41-39-37-35-26-24-22-20-18-16-14-12-10-8-6-4-2/h5,7,11,13,17,19,23,25,28-29,31-32,34,36,62-65,67-74,76-78,80-84H,3-4,6,8-10,12,14-16,18,20-22,24,26-27,30,33,35,37-61H2,1-2H3,(H,75,79)/b7-5-,13-11-,19-17-,25-23-,29-28-,32-31-,36-34-. The Kier molecular flexibility index (Phi) is 53.6. The average Bonchev–Trinajstić information content (AvgIpc) is 3.10. The molecule has 0 radical (unpaired) electrons. The highest BCUT2D eigenvalue weighted by Gasteiger charge is 2.51. The van der Waals surface area contributed by atoms with Crippen molar-refractivity contribution in [1.82, 2.24) is 5.32 Å². The zero-order chi connectivity index (χ0) is 63.8. The first-order chi connectivity index (χ1) is 43.1. The van der Waals surface area contributed by atoms with Crippen molar-refractivity contribution in [3.05, 3.63) is 85.1 Å². The topological polar surface area (TPSA) is 228 Å². The van der Waals surface area contributed by atoms with Gasteiger partial charge in [0.25, 0.3) is 0 Å². The Labute approximate surface area is 535 Å². The molecule has 0 spiro atoms. The molecule has 12 unspecified atom stereocenters. The molecular weight excluding hydrogens is 1110 g/mol. The van der Waals surface area contributed by atoms with E-state index in [1.807, 2.05) is 0 Å². The normalized spacial score (nSPS) is 23.7. The lowest BCUT2D eigenvalue weighted by Gasteiger charge is -2.46. The molecule has 14 heteroatoms. The molecular formula is C74H131NO13. The lowest BCUT2D eigenvalue weighted by Crippen LogP contribution is -2.65. The van der Waals surface area contributed by atoms with Crippen molar-refractivity contribution < 1.29 is 64.6 Å². The lowest BCUT2D eigenvalue weighted by atomic mass is 9.97. The van der Waals surface area contributed by atoms with Gasteiger partial charge in [0.1, 0.15) is 48.8 Å². The van der Waals surface area contributed by atoms with Gasteiger partial charge in [-0.15, -0.1) is 0 Å². The number of carbonyl (C=O) groups excluding carboxylic acids is 1. The largest absolute Gasteiger partial charge is 0.394 e. The smallest absolute Gasteiger partial charge is 0.220 e. The summed E-state index contributed by atoms with van der Waals surface area (Å²) in [6, 6.07) is -0.839. The zero-order valence-corrected chi connectivity index (χ0v) is 55.4. The third kappa shape index (κ3) is 41.6. The number of carbonyl (C=O) groups is 1. The first-order valence-electron chi connectivity index (χ1n) is 35.8. The molecule has 12 atom stereocenters. The Balaban J connectivity index is 1.67. The fourth-order valence-electron chi connectivity index (χ4n) is 11.5. The van der Waals surface area contributed by atoms with Gasteiger partial charge in [-0.1, -0.05) is 292 Å². The number of aliphatic hydroxyl groups excluding tert-OH is 8. The van der Waals surface area contributed by atoms with E-state index in [2.05, 4.69) is 104 Å². The van der Waals surface area contributed by atoms with Gasteiger partial charge in [0.05, 0.1) is 32.0 Å². The molecule has 1 amide bonds. The SMILES string of the molecule is CC/C=C\C/C=C\C/C=C\C/C=C\C/C=C\C/C=C\C/C=C\CCCCCCCCCCCC(=O)NC(COC1OC(CO)C(OC2OC(CO)C(O)C(O)C2O)C(O)C1O)C(O)CCCCCCCCCCCCCCCCCCCCCCCCC. The number of unbranched alkanes of at least 4 members (excludes halogenated alkanes) is 31. The summed E-state index contributed by atoms with van der Waals surface area (Å²) in [6.07, 6.45) is 63.0. The molecule has 2 heterocycles. The molecule has 14 nitrogen and oxygen atoms in total. The first kappa shape index (κ1) is 81.3. The maximum atomic E-state index is 13.4. The molecule has 2 saturated heterocycles. The van der Waals surface area contributed by atoms with E-state index in [-0.39, 0.29) is 12.5 Å². The highest BCUT2D eigenvalue weighted by molar-refractivity contribution is 5.76. The van der Waals surface area contributed by atoms with Gasteiger partial charge in [0.15, 0.2) is 12.6 Å². The molecule has 2 aliphatic heterocycles. The van der Waals surface area contributed by atoms with E-state index >= 15 is 0 Å². The Hall–Kier alpha value is -2.83. The summed E-state index contributed by atoms with van der Waals surface area (Å²) in [5, 5.41) is 87.7. The van der Waals surface area contributed by atoms with Crippen LogP contribution in [0.15, 0.2) is 85.1 Å². The Bertz CT molecular complexity index is 1800. The fourth-order valence-corrected chi connectivity index (χ4v) is 11.5. The van der Waals surface area contributed by atoms with Crippen LogP contribution in [0.25, 0.3) is 0 Å². The number of rotatable bonds is 58. The zero-order valence-electron chi connectivity index (χ0n) is 55.4. The Morgan fingerprint density at radius 2 is 0.784 bits per heavy atom. The molecule has 0 aromatic heterocycles. The number of aliphatic hydroxyl groups is 8. The van der Waals surface area contributed by atoms with Crippen molar-refractivity contribution in [2.24, 2.45) is 0 Å². The van der Waals surface area contributed by atoms with Crippen LogP contribution in [-0.4, -0.2) is 140 Å². The van der Waals surface area contributed by atoms with Crippen molar-refractivity contribution in [2.75, 3.05) is 19.8 Å². The molecule has 2 rings (SSSR count). The Morgan fingerprint density at radius 3 is 1.20 bits per heavy atom. The van der Waals surface area contributed by atoms with Gasteiger partial charge in [-0.05, 0) is 70.6 Å². The second-order valence-corrected chi connectivity index (χ2v) is 25.0. The number of nitrogens with one attached hydrogen (secondary N) is 1. The minimum absolute atomic E-state index is 0.213. The van der Waals surface area contributed by atoms with Crippen LogP contribution in [0.5, 0.6) is 0 Å². The second kappa shape index (κ2) is 58.0. The molecule has 9 N–H and O–H groups in total. The molecule has 0 aromatic rings. The van der Waals surface area contributed by atoms with Crippen LogP contribution < -0.4 is 5.32 Å². The molecule has 0 bridgehead atoms. The molecule has 0 aliphatic carbocycles. The maximum absolute atomic E-state index is 13.4. The summed E-state index contributed by atoms with van der Waals surface area (Å²) in [6.45, 7) is 2.77. The van der Waals surface area contributed by atoms with Crippen LogP contribution in [0.3, 0.4) is 0 Å². The fraction of sp³-hybridized carbons (Fsp3) is 0.797. The average molecular weight is 1240 g/mol. The lowest BCUT2D eigenvalue weighted by molar-refractivity contribution is -0.359. The number of hydrogen-bond donors (Lipinski definition) is 9. The van der Waals surface area contributed by atoms with Gasteiger partial charge in [0, 0.05) is 6.42 Å². The third-order valence-electron chi connectivity index (χ3n) is 17.1. The van der Waals surface area contributed by atoms with Gasteiger partial charge in [-0.2, -0.15) is 0 Å². The molecule has 2 fully saturated rings. The van der Waals surface area contributed by atoms with E-state index in [1.165, 1.54) is 154 Å². The van der Waals surface area contributed by atoms with Gasteiger partial charge in [-0.3, -0.25) is 4.79 Å². The van der Waals surface area contributed by atoms with Crippen molar-refractivity contribution in [3.8, 4) is 0 Å². The van der Waals surface area contributed by atoms with Crippen LogP contribution in [0.2, 0.25) is 0 Å². The minimum atomic E-state index is -1.79. The van der Waals surface area contributed by atoms with Crippen molar-refractivity contribution in [3.63, 3.8) is 0 Å². The monoisotopic (exact) mass is 1240 g/mol. The highest BCUT2D eigenvalue weighted by atomic mass is 16.7. The van der Waals surface area contributed by atoms with E-state index < -0.39 is 86.8 Å². The van der Waals surface area contributed by atoms with E-state index in [0.717, 1.165) is 96.3 Å². The summed E-state index contributed by atoms with van der Waals surface area (Å²) >= 11 is 0. The van der Waals surface area contributed by atoms with Gasteiger partial charge in [-0.25, -0.2) is 0 Å². The van der Waals surface area contributed by atoms with Crippen molar-refractivity contribution >= 4 is 5.91 Å². The summed E-state index contributed by atoms with van der Waals surface area (Å²) in [7, 11) is 0. The molecule has 88 heavy (non-hydrogen) atoms. The number of hydrogen-bond acceptors (Lipinski definition) is 13. The van der Waals surface area contributed by atoms with Crippen LogP contribution in [0, 0.1) is 0 Å². The summed E-state index contributed by atoms with van der Waals surface area (Å²) in [5.74, 6) is -0.213. The summed E-state index contributed by atoms with van der Waals surface area (Å²) < 4.78 is 22.9. The first-order valence-corrected chi connectivity index (χ1v) is 35.8. The van der Waals surface area contributed by atoms with E-state index in [1.54, 1.807) is 0 Å². The predicted octanol–water partition coefficient (Wildman–Crippen LogP) is 14.8. The molecule has 2 aliphatic rings. The number of allylic oxidation sites excluding steroid dienone is 14. The van der Waals surface area contributed by atoms with Crippen LogP contribution in [0.1, 0.15) is 284 Å². The van der Waals surface area contributed by atoms with Gasteiger partial charge < -0.3 is 65.1 Å². The van der Waals surface area contributed by atoms with Crippen molar-refractivity contribution in [2.45, 2.75) is 357 Å². The molecule has 510 valence electrons. The maximum Gasteiger partial charge on any atom is 0.220 e. The second-order valence-electron chi connectivity index (χ2n) is 25.0. The summed E-state index contributed by atoms with van der Waals surface area (Å²) in [5.41, 5.74) is 0. The van der Waals surface area contributed by atoms with E-state index in [9.17, 15) is 45.6 Å². The quantitative estimate of drug-likeness (QED) is 0.0204. The van der Waals surface area contributed by atoms with E-state index in [4.69, 9.17) is 18.9 Å². The molecule has 0 saturated carbocycles. The minimum Gasteiger partial charge on any atom is -0.394 e. The van der Waals surface area contributed by atoms with Crippen molar-refractivity contribution in [1.29, 1.82) is 0 Å². The number of ether oxygens (including phenoxy) is 4. The van der Waals surface area contributed by atoms with Crippen LogP contribution in [-0.2, 0) is 23.7 Å². The number of amides is 1. The molecule has 0 aromatic carbocycles. The predicted molar refractivity (Wildman–Crippen MR) is 360 cm³/mol. The highest BCUT2D eigenvalue weighted by Crippen LogP contribution is 2.30. The van der Waals surface area contributed by atoms with Gasteiger partial charge >= 0.3 is 0 Å².